The Morgan fingerprint density at radius 3 is 2.57 bits per heavy atom. The Hall–Kier alpha value is -1.65. The lowest BCUT2D eigenvalue weighted by molar-refractivity contribution is 0.105. The first-order valence-electron chi connectivity index (χ1n) is 7.54. The number of nitrogens with one attached hydrogen (secondary N) is 1. The normalized spacial score (nSPS) is 12.8. The van der Waals surface area contributed by atoms with Crippen LogP contribution >= 0.6 is 0 Å². The number of benzene rings is 1. The molecule has 1 aromatic heterocycles. The Morgan fingerprint density at radius 1 is 1.24 bits per heavy atom. The van der Waals surface area contributed by atoms with Crippen LogP contribution in [-0.4, -0.2) is 32.6 Å². The first kappa shape index (κ1) is 15.7. The maximum Gasteiger partial charge on any atom is 0.0925 e. The van der Waals surface area contributed by atoms with Gasteiger partial charge in [-0.3, -0.25) is 4.90 Å². The summed E-state index contributed by atoms with van der Waals surface area (Å²) in [4.78, 5) is 9.83. The molecule has 0 fully saturated rings. The van der Waals surface area contributed by atoms with Crippen LogP contribution in [0.5, 0.6) is 0 Å². The minimum absolute atomic E-state index is 0.153. The minimum Gasteiger partial charge on any atom is -0.395 e. The fourth-order valence-electron chi connectivity index (χ4n) is 2.56. The number of hydrogen-bond donors (Lipinski definition) is 2. The van der Waals surface area contributed by atoms with Crippen LogP contribution in [0.25, 0.3) is 0 Å². The molecule has 0 bridgehead atoms. The molecule has 0 saturated carbocycles. The van der Waals surface area contributed by atoms with Crippen molar-refractivity contribution in [3.63, 3.8) is 0 Å². The van der Waals surface area contributed by atoms with E-state index in [0.717, 1.165) is 30.9 Å². The molecule has 4 heteroatoms. The van der Waals surface area contributed by atoms with Crippen molar-refractivity contribution in [1.82, 2.24) is 14.9 Å². The predicted molar refractivity (Wildman–Crippen MR) is 84.9 cm³/mol. The molecule has 1 aromatic carbocycles. The summed E-state index contributed by atoms with van der Waals surface area (Å²) in [5, 5.41) is 9.67. The Morgan fingerprint density at radius 2 is 2.00 bits per heavy atom. The molecule has 2 N–H and O–H groups in total. The zero-order valence-corrected chi connectivity index (χ0v) is 13.1. The predicted octanol–water partition coefficient (Wildman–Crippen LogP) is 2.80. The van der Waals surface area contributed by atoms with Gasteiger partial charge >= 0.3 is 0 Å². The van der Waals surface area contributed by atoms with Crippen LogP contribution in [0.4, 0.5) is 0 Å². The van der Waals surface area contributed by atoms with Gasteiger partial charge in [0, 0.05) is 24.8 Å². The maximum atomic E-state index is 9.67. The molecule has 0 aliphatic heterocycles. The third-order valence-electron chi connectivity index (χ3n) is 4.12. The average Bonchev–Trinajstić information content (AvgIpc) is 2.88. The molecule has 0 saturated heterocycles. The van der Waals surface area contributed by atoms with Gasteiger partial charge in [0.25, 0.3) is 0 Å². The molecular weight excluding hydrogens is 262 g/mol. The Labute approximate surface area is 126 Å². The van der Waals surface area contributed by atoms with E-state index >= 15 is 0 Å². The van der Waals surface area contributed by atoms with E-state index in [9.17, 15) is 5.11 Å². The summed E-state index contributed by atoms with van der Waals surface area (Å²) in [5.41, 5.74) is 4.74. The van der Waals surface area contributed by atoms with Gasteiger partial charge < -0.3 is 10.1 Å². The summed E-state index contributed by atoms with van der Waals surface area (Å²) < 4.78 is 0. The summed E-state index contributed by atoms with van der Waals surface area (Å²) in [6.07, 6.45) is 2.66. The second-order valence-corrected chi connectivity index (χ2v) is 5.55. The lowest BCUT2D eigenvalue weighted by Crippen LogP contribution is -2.37. The first-order valence-corrected chi connectivity index (χ1v) is 7.54. The average molecular weight is 287 g/mol. The van der Waals surface area contributed by atoms with Gasteiger partial charge in [-0.1, -0.05) is 31.2 Å². The number of hydrogen-bond acceptors (Lipinski definition) is 3. The number of aliphatic hydroxyl groups excluding tert-OH is 1. The number of imidazole rings is 1. The standard InChI is InChI=1S/C17H25N3O/c1-4-16(11-21)20(10-17-14(3)18-12-19-17)9-15-8-6-5-7-13(15)2/h5-8,12,16,21H,4,9-11H2,1-3H3,(H,18,19)/t16-/m1/s1. The number of rotatable bonds is 7. The van der Waals surface area contributed by atoms with Crippen LogP contribution in [0.2, 0.25) is 0 Å². The lowest BCUT2D eigenvalue weighted by atomic mass is 10.1. The molecule has 0 spiro atoms. The summed E-state index contributed by atoms with van der Waals surface area (Å²) >= 11 is 0. The maximum absolute atomic E-state index is 9.67. The Balaban J connectivity index is 2.20. The largest absolute Gasteiger partial charge is 0.395 e. The van der Waals surface area contributed by atoms with Crippen LogP contribution in [0.15, 0.2) is 30.6 Å². The van der Waals surface area contributed by atoms with Gasteiger partial charge in [-0.15, -0.1) is 0 Å². The highest BCUT2D eigenvalue weighted by Crippen LogP contribution is 2.17. The molecule has 0 radical (unpaired) electrons. The van der Waals surface area contributed by atoms with E-state index in [1.807, 2.05) is 6.92 Å². The second kappa shape index (κ2) is 7.38. The zero-order valence-electron chi connectivity index (χ0n) is 13.1. The quantitative estimate of drug-likeness (QED) is 0.823. The molecule has 114 valence electrons. The number of nitrogens with zero attached hydrogens (tertiary/aromatic N) is 2. The van der Waals surface area contributed by atoms with E-state index in [1.165, 1.54) is 11.1 Å². The minimum atomic E-state index is 0.153. The number of aromatic amines is 1. The topological polar surface area (TPSA) is 52.1 Å². The Bertz CT molecular complexity index is 561. The van der Waals surface area contributed by atoms with Crippen molar-refractivity contribution in [3.05, 3.63) is 53.1 Å². The van der Waals surface area contributed by atoms with Gasteiger partial charge in [0.2, 0.25) is 0 Å². The molecule has 2 rings (SSSR count). The highest BCUT2D eigenvalue weighted by Gasteiger charge is 2.19. The summed E-state index contributed by atoms with van der Waals surface area (Å²) in [6, 6.07) is 8.57. The fourth-order valence-corrected chi connectivity index (χ4v) is 2.56. The monoisotopic (exact) mass is 287 g/mol. The fraction of sp³-hybridized carbons (Fsp3) is 0.471. The highest BCUT2D eigenvalue weighted by atomic mass is 16.3. The molecule has 1 atom stereocenters. The van der Waals surface area contributed by atoms with Crippen molar-refractivity contribution in [1.29, 1.82) is 0 Å². The molecule has 0 aliphatic rings. The van der Waals surface area contributed by atoms with Crippen molar-refractivity contribution in [2.24, 2.45) is 0 Å². The van der Waals surface area contributed by atoms with Gasteiger partial charge in [-0.25, -0.2) is 4.98 Å². The van der Waals surface area contributed by atoms with Crippen LogP contribution in [0.3, 0.4) is 0 Å². The van der Waals surface area contributed by atoms with Gasteiger partial charge in [0.05, 0.1) is 18.6 Å². The molecule has 0 amide bonds. The first-order chi connectivity index (χ1) is 10.2. The van der Waals surface area contributed by atoms with Gasteiger partial charge in [0.15, 0.2) is 0 Å². The highest BCUT2D eigenvalue weighted by molar-refractivity contribution is 5.25. The molecule has 0 unspecified atom stereocenters. The van der Waals surface area contributed by atoms with Gasteiger partial charge in [0.1, 0.15) is 0 Å². The van der Waals surface area contributed by atoms with Gasteiger partial charge in [-0.05, 0) is 31.4 Å². The third-order valence-corrected chi connectivity index (χ3v) is 4.12. The number of aryl methyl sites for hydroxylation is 2. The Kier molecular flexibility index (Phi) is 5.53. The molecular formula is C17H25N3O. The zero-order chi connectivity index (χ0) is 15.2. The molecule has 0 aliphatic carbocycles. The third kappa shape index (κ3) is 3.93. The van der Waals surface area contributed by atoms with E-state index in [2.05, 4.69) is 53.0 Å². The number of aromatic nitrogens is 2. The van der Waals surface area contributed by atoms with Gasteiger partial charge in [-0.2, -0.15) is 0 Å². The molecule has 4 nitrogen and oxygen atoms in total. The van der Waals surface area contributed by atoms with E-state index in [1.54, 1.807) is 6.33 Å². The lowest BCUT2D eigenvalue weighted by Gasteiger charge is -2.30. The van der Waals surface area contributed by atoms with Crippen molar-refractivity contribution in [2.75, 3.05) is 6.61 Å². The van der Waals surface area contributed by atoms with Crippen molar-refractivity contribution in [2.45, 2.75) is 46.3 Å². The summed E-state index contributed by atoms with van der Waals surface area (Å²) in [6.45, 7) is 8.04. The van der Waals surface area contributed by atoms with E-state index in [0.29, 0.717) is 0 Å². The van der Waals surface area contributed by atoms with Crippen molar-refractivity contribution in [3.8, 4) is 0 Å². The van der Waals surface area contributed by atoms with Crippen molar-refractivity contribution >= 4 is 0 Å². The summed E-state index contributed by atoms with van der Waals surface area (Å²) in [5.74, 6) is 0. The van der Waals surface area contributed by atoms with Crippen LogP contribution in [0, 0.1) is 13.8 Å². The number of aliphatic hydroxyl groups is 1. The molecule has 21 heavy (non-hydrogen) atoms. The second-order valence-electron chi connectivity index (χ2n) is 5.55. The molecule has 1 heterocycles. The van der Waals surface area contributed by atoms with E-state index in [-0.39, 0.29) is 12.6 Å². The van der Waals surface area contributed by atoms with E-state index in [4.69, 9.17) is 0 Å². The van der Waals surface area contributed by atoms with Crippen LogP contribution in [0.1, 0.15) is 35.9 Å². The van der Waals surface area contributed by atoms with Crippen LogP contribution < -0.4 is 0 Å². The molecule has 2 aromatic rings. The van der Waals surface area contributed by atoms with E-state index < -0.39 is 0 Å². The summed E-state index contributed by atoms with van der Waals surface area (Å²) in [7, 11) is 0. The van der Waals surface area contributed by atoms with Crippen LogP contribution in [-0.2, 0) is 13.1 Å². The smallest absolute Gasteiger partial charge is 0.0925 e. The SMILES string of the molecule is CC[C@H](CO)N(Cc1ccccc1C)Cc1nc[nH]c1C. The van der Waals surface area contributed by atoms with Crippen molar-refractivity contribution < 1.29 is 5.11 Å². The number of H-pyrrole nitrogens is 1.